The van der Waals surface area contributed by atoms with Crippen LogP contribution < -0.4 is 5.73 Å². The van der Waals surface area contributed by atoms with Gasteiger partial charge < -0.3 is 10.5 Å². The Hall–Kier alpha value is -0.0800. The third-order valence-corrected chi connectivity index (χ3v) is 2.74. The van der Waals surface area contributed by atoms with E-state index in [1.54, 1.807) is 0 Å². The highest BCUT2D eigenvalue weighted by Crippen LogP contribution is 2.38. The zero-order valence-electron chi connectivity index (χ0n) is 9.23. The lowest BCUT2D eigenvalue weighted by Gasteiger charge is -2.40. The van der Waals surface area contributed by atoms with Gasteiger partial charge in [0, 0.05) is 18.6 Å². The minimum absolute atomic E-state index is 0.260. The monoisotopic (exact) mass is 185 g/mol. The van der Waals surface area contributed by atoms with E-state index < -0.39 is 0 Å². The van der Waals surface area contributed by atoms with Crippen LogP contribution in [0.5, 0.6) is 0 Å². The number of rotatable bonds is 2. The molecule has 0 radical (unpaired) electrons. The molecule has 2 heteroatoms. The fourth-order valence-corrected chi connectivity index (χ4v) is 2.41. The molecule has 1 unspecified atom stereocenters. The van der Waals surface area contributed by atoms with Crippen molar-refractivity contribution in [2.45, 2.75) is 40.0 Å². The van der Waals surface area contributed by atoms with Gasteiger partial charge in [-0.15, -0.1) is 0 Å². The van der Waals surface area contributed by atoms with Crippen molar-refractivity contribution in [2.24, 2.45) is 16.6 Å². The van der Waals surface area contributed by atoms with E-state index in [4.69, 9.17) is 10.5 Å². The van der Waals surface area contributed by atoms with Crippen molar-refractivity contribution in [1.82, 2.24) is 0 Å². The van der Waals surface area contributed by atoms with Crippen LogP contribution in [0.2, 0.25) is 0 Å². The second-order valence-corrected chi connectivity index (χ2v) is 5.60. The molecule has 78 valence electrons. The van der Waals surface area contributed by atoms with Crippen LogP contribution in [-0.4, -0.2) is 19.8 Å². The standard InChI is InChI=1S/C11H23NO/c1-10(2,3)7-11(8-12)5-4-6-13-9-11/h4-9,12H2,1-3H3. The van der Waals surface area contributed by atoms with Gasteiger partial charge in [0.05, 0.1) is 6.61 Å². The largest absolute Gasteiger partial charge is 0.381 e. The molecule has 1 saturated heterocycles. The van der Waals surface area contributed by atoms with Crippen molar-refractivity contribution in [3.63, 3.8) is 0 Å². The molecule has 13 heavy (non-hydrogen) atoms. The minimum Gasteiger partial charge on any atom is -0.381 e. The summed E-state index contributed by atoms with van der Waals surface area (Å²) in [5, 5.41) is 0. The van der Waals surface area contributed by atoms with E-state index in [1.807, 2.05) is 0 Å². The van der Waals surface area contributed by atoms with E-state index in [0.717, 1.165) is 19.8 Å². The summed E-state index contributed by atoms with van der Waals surface area (Å²) in [5.41, 5.74) is 6.49. The first-order valence-electron chi connectivity index (χ1n) is 5.25. The Kier molecular flexibility index (Phi) is 3.36. The molecule has 1 aliphatic heterocycles. The lowest BCUT2D eigenvalue weighted by Crippen LogP contribution is -2.41. The maximum absolute atomic E-state index is 5.87. The maximum Gasteiger partial charge on any atom is 0.0534 e. The van der Waals surface area contributed by atoms with E-state index in [0.29, 0.717) is 5.41 Å². The summed E-state index contributed by atoms with van der Waals surface area (Å²) in [6.07, 6.45) is 3.59. The molecule has 0 aromatic heterocycles. The fourth-order valence-electron chi connectivity index (χ4n) is 2.41. The molecular formula is C11H23NO. The molecule has 1 fully saturated rings. The molecule has 0 spiro atoms. The molecule has 2 N–H and O–H groups in total. The van der Waals surface area contributed by atoms with Crippen LogP contribution >= 0.6 is 0 Å². The molecule has 0 saturated carbocycles. The highest BCUT2D eigenvalue weighted by atomic mass is 16.5. The highest BCUT2D eigenvalue weighted by molar-refractivity contribution is 4.86. The van der Waals surface area contributed by atoms with Crippen LogP contribution in [-0.2, 0) is 4.74 Å². The Bertz CT molecular complexity index is 154. The lowest BCUT2D eigenvalue weighted by molar-refractivity contribution is -0.0237. The molecule has 1 rings (SSSR count). The SMILES string of the molecule is CC(C)(C)CC1(CN)CCCOC1. The predicted octanol–water partition coefficient (Wildman–Crippen LogP) is 2.18. The molecule has 1 atom stereocenters. The zero-order valence-corrected chi connectivity index (χ0v) is 9.23. The number of hydrogen-bond acceptors (Lipinski definition) is 2. The second-order valence-electron chi connectivity index (χ2n) is 5.60. The van der Waals surface area contributed by atoms with Gasteiger partial charge >= 0.3 is 0 Å². The Morgan fingerprint density at radius 1 is 1.38 bits per heavy atom. The van der Waals surface area contributed by atoms with E-state index in [9.17, 15) is 0 Å². The summed E-state index contributed by atoms with van der Waals surface area (Å²) in [7, 11) is 0. The van der Waals surface area contributed by atoms with Crippen molar-refractivity contribution >= 4 is 0 Å². The molecule has 0 bridgehead atoms. The molecule has 0 aromatic rings. The molecule has 0 aromatic carbocycles. The van der Waals surface area contributed by atoms with Crippen LogP contribution in [0.4, 0.5) is 0 Å². The summed E-state index contributed by atoms with van der Waals surface area (Å²) in [4.78, 5) is 0. The topological polar surface area (TPSA) is 35.2 Å². The first kappa shape index (κ1) is 11.0. The molecule has 1 heterocycles. The maximum atomic E-state index is 5.87. The minimum atomic E-state index is 0.260. The Balaban J connectivity index is 2.57. The van der Waals surface area contributed by atoms with Gasteiger partial charge in [-0.2, -0.15) is 0 Å². The van der Waals surface area contributed by atoms with Gasteiger partial charge in [0.25, 0.3) is 0 Å². The molecular weight excluding hydrogens is 162 g/mol. The van der Waals surface area contributed by atoms with Gasteiger partial charge in [0.1, 0.15) is 0 Å². The van der Waals surface area contributed by atoms with Gasteiger partial charge in [-0.1, -0.05) is 20.8 Å². The molecule has 1 aliphatic rings. The highest BCUT2D eigenvalue weighted by Gasteiger charge is 2.35. The number of ether oxygens (including phenoxy) is 1. The third kappa shape index (κ3) is 3.28. The quantitative estimate of drug-likeness (QED) is 0.715. The average molecular weight is 185 g/mol. The molecule has 0 aliphatic carbocycles. The Morgan fingerprint density at radius 2 is 2.08 bits per heavy atom. The van der Waals surface area contributed by atoms with Crippen molar-refractivity contribution in [2.75, 3.05) is 19.8 Å². The summed E-state index contributed by atoms with van der Waals surface area (Å²) in [6.45, 7) is 9.38. The predicted molar refractivity (Wildman–Crippen MR) is 55.6 cm³/mol. The van der Waals surface area contributed by atoms with Crippen LogP contribution in [0.3, 0.4) is 0 Å². The van der Waals surface area contributed by atoms with Gasteiger partial charge in [-0.05, 0) is 24.7 Å². The van der Waals surface area contributed by atoms with Crippen molar-refractivity contribution < 1.29 is 4.74 Å². The van der Waals surface area contributed by atoms with Crippen LogP contribution in [0.1, 0.15) is 40.0 Å². The average Bonchev–Trinajstić information content (AvgIpc) is 2.03. The third-order valence-electron chi connectivity index (χ3n) is 2.74. The van der Waals surface area contributed by atoms with E-state index >= 15 is 0 Å². The van der Waals surface area contributed by atoms with Crippen LogP contribution in [0, 0.1) is 10.8 Å². The first-order chi connectivity index (χ1) is 5.97. The lowest BCUT2D eigenvalue weighted by atomic mass is 9.71. The van der Waals surface area contributed by atoms with Crippen LogP contribution in [0.25, 0.3) is 0 Å². The summed E-state index contributed by atoms with van der Waals surface area (Å²) < 4.78 is 5.54. The fraction of sp³-hybridized carbons (Fsp3) is 1.00. The smallest absolute Gasteiger partial charge is 0.0534 e. The summed E-state index contributed by atoms with van der Waals surface area (Å²) >= 11 is 0. The van der Waals surface area contributed by atoms with Gasteiger partial charge in [-0.3, -0.25) is 0 Å². The van der Waals surface area contributed by atoms with E-state index in [2.05, 4.69) is 20.8 Å². The van der Waals surface area contributed by atoms with Gasteiger partial charge in [0.2, 0.25) is 0 Å². The summed E-state index contributed by atoms with van der Waals surface area (Å²) in [5.74, 6) is 0. The number of nitrogens with two attached hydrogens (primary N) is 1. The van der Waals surface area contributed by atoms with Gasteiger partial charge in [0.15, 0.2) is 0 Å². The van der Waals surface area contributed by atoms with Crippen molar-refractivity contribution in [3.05, 3.63) is 0 Å². The number of hydrogen-bond donors (Lipinski definition) is 1. The Labute approximate surface area is 81.8 Å². The zero-order chi connectivity index (χ0) is 9.95. The first-order valence-corrected chi connectivity index (χ1v) is 5.25. The molecule has 2 nitrogen and oxygen atoms in total. The molecule has 0 amide bonds. The van der Waals surface area contributed by atoms with Crippen LogP contribution in [0.15, 0.2) is 0 Å². The second kappa shape index (κ2) is 3.97. The summed E-state index contributed by atoms with van der Waals surface area (Å²) in [6, 6.07) is 0. The Morgan fingerprint density at radius 3 is 2.46 bits per heavy atom. The van der Waals surface area contributed by atoms with E-state index in [1.165, 1.54) is 19.3 Å². The van der Waals surface area contributed by atoms with E-state index in [-0.39, 0.29) is 5.41 Å². The van der Waals surface area contributed by atoms with Crippen molar-refractivity contribution in [3.8, 4) is 0 Å². The van der Waals surface area contributed by atoms with Gasteiger partial charge in [-0.25, -0.2) is 0 Å². The van der Waals surface area contributed by atoms with Crippen molar-refractivity contribution in [1.29, 1.82) is 0 Å². The normalized spacial score (nSPS) is 30.5.